The topological polar surface area (TPSA) is 38.1 Å². The number of alkyl halides is 2. The molecule has 0 saturated carbocycles. The maximum Gasteiger partial charge on any atom is 0.243 e. The summed E-state index contributed by atoms with van der Waals surface area (Å²) in [4.78, 5) is 16.6. The van der Waals surface area contributed by atoms with E-state index in [9.17, 15) is 13.6 Å². The molecule has 15 heavy (non-hydrogen) atoms. The normalized spacial score (nSPS) is 21.7. The molecule has 2 rings (SSSR count). The van der Waals surface area contributed by atoms with Crippen LogP contribution in [0.4, 0.5) is 8.78 Å². The van der Waals surface area contributed by atoms with Crippen molar-refractivity contribution in [1.82, 2.24) is 14.5 Å². The number of aromatic nitrogens is 2. The van der Waals surface area contributed by atoms with Gasteiger partial charge in [0.05, 0.1) is 13.0 Å². The first-order valence-electron chi connectivity index (χ1n) is 4.68. The maximum absolute atomic E-state index is 12.4. The summed E-state index contributed by atoms with van der Waals surface area (Å²) >= 11 is 0. The van der Waals surface area contributed by atoms with Crippen molar-refractivity contribution >= 4 is 5.91 Å². The van der Waals surface area contributed by atoms with E-state index >= 15 is 0 Å². The third-order valence-corrected chi connectivity index (χ3v) is 2.49. The van der Waals surface area contributed by atoms with E-state index in [4.69, 9.17) is 0 Å². The summed E-state index contributed by atoms with van der Waals surface area (Å²) in [6.45, 7) is 0.441. The van der Waals surface area contributed by atoms with Crippen molar-refractivity contribution in [3.8, 4) is 0 Å². The average molecular weight is 215 g/mol. The van der Waals surface area contributed by atoms with Crippen LogP contribution in [0.3, 0.4) is 0 Å². The van der Waals surface area contributed by atoms with Crippen LogP contribution in [0.2, 0.25) is 0 Å². The Morgan fingerprint density at radius 3 is 2.93 bits per heavy atom. The second-order valence-electron chi connectivity index (χ2n) is 3.63. The van der Waals surface area contributed by atoms with Crippen molar-refractivity contribution in [2.75, 3.05) is 6.54 Å². The largest absolute Gasteiger partial charge is 0.324 e. The number of likely N-dealkylation sites (tertiary alicyclic amines) is 1. The lowest BCUT2D eigenvalue weighted by molar-refractivity contribution is -0.129. The molecule has 0 aliphatic carbocycles. The van der Waals surface area contributed by atoms with Gasteiger partial charge in [-0.3, -0.25) is 4.79 Å². The Kier molecular flexibility index (Phi) is 2.66. The number of imidazole rings is 1. The monoisotopic (exact) mass is 215 g/mol. The van der Waals surface area contributed by atoms with Crippen LogP contribution in [0.1, 0.15) is 6.42 Å². The van der Waals surface area contributed by atoms with E-state index in [0.29, 0.717) is 6.67 Å². The first-order valence-corrected chi connectivity index (χ1v) is 4.68. The zero-order valence-electron chi connectivity index (χ0n) is 8.01. The van der Waals surface area contributed by atoms with Crippen LogP contribution in [-0.4, -0.2) is 33.3 Å². The molecule has 1 aliphatic rings. The number of hydrogen-bond acceptors (Lipinski definition) is 2. The summed E-state index contributed by atoms with van der Waals surface area (Å²) in [5.74, 6) is -1.03. The predicted molar refractivity (Wildman–Crippen MR) is 48.1 cm³/mol. The highest BCUT2D eigenvalue weighted by Crippen LogP contribution is 2.24. The highest BCUT2D eigenvalue weighted by Gasteiger charge is 2.35. The lowest BCUT2D eigenvalue weighted by atomic mass is 10.1. The number of halogens is 2. The van der Waals surface area contributed by atoms with Crippen molar-refractivity contribution in [2.24, 2.45) is 5.92 Å². The molecule has 2 heterocycles. The molecule has 0 bridgehead atoms. The molecule has 0 N–H and O–H groups in total. The molecule has 1 amide bonds. The van der Waals surface area contributed by atoms with Crippen LogP contribution in [0.5, 0.6) is 0 Å². The van der Waals surface area contributed by atoms with E-state index in [0.717, 1.165) is 0 Å². The first kappa shape index (κ1) is 10.1. The molecule has 1 aliphatic heterocycles. The summed E-state index contributed by atoms with van der Waals surface area (Å²) in [6, 6.07) is 0. The SMILES string of the molecule is O=C1CC(C(F)F)CN1Cn1ccnc1. The smallest absolute Gasteiger partial charge is 0.243 e. The Balaban J connectivity index is 1.97. The number of carbonyl (C=O) groups is 1. The molecule has 4 nitrogen and oxygen atoms in total. The van der Waals surface area contributed by atoms with Crippen molar-refractivity contribution in [3.63, 3.8) is 0 Å². The summed E-state index contributed by atoms with van der Waals surface area (Å²) in [5, 5.41) is 0. The van der Waals surface area contributed by atoms with Crippen LogP contribution in [0.15, 0.2) is 18.7 Å². The lowest BCUT2D eigenvalue weighted by Crippen LogP contribution is -2.28. The third-order valence-electron chi connectivity index (χ3n) is 2.49. The number of nitrogens with zero attached hydrogens (tertiary/aromatic N) is 3. The Morgan fingerprint density at radius 1 is 1.60 bits per heavy atom. The van der Waals surface area contributed by atoms with Gasteiger partial charge in [0.25, 0.3) is 0 Å². The molecule has 1 unspecified atom stereocenters. The second-order valence-corrected chi connectivity index (χ2v) is 3.63. The van der Waals surface area contributed by atoms with Gasteiger partial charge in [-0.25, -0.2) is 13.8 Å². The molecule has 1 atom stereocenters. The zero-order chi connectivity index (χ0) is 10.8. The third kappa shape index (κ3) is 2.14. The fourth-order valence-electron chi connectivity index (χ4n) is 1.68. The molecular weight excluding hydrogens is 204 g/mol. The summed E-state index contributed by atoms with van der Waals surface area (Å²) in [7, 11) is 0. The predicted octanol–water partition coefficient (Wildman–Crippen LogP) is 0.954. The number of hydrogen-bond donors (Lipinski definition) is 0. The Morgan fingerprint density at radius 2 is 2.40 bits per heavy atom. The summed E-state index contributed by atoms with van der Waals surface area (Å²) in [6.07, 6.45) is 2.38. The standard InChI is InChI=1S/C9H11F2N3O/c10-9(11)7-3-8(15)14(4-7)6-13-2-1-12-5-13/h1-2,5,7,9H,3-4,6H2. The molecule has 1 aromatic heterocycles. The highest BCUT2D eigenvalue weighted by atomic mass is 19.3. The van der Waals surface area contributed by atoms with Crippen molar-refractivity contribution in [1.29, 1.82) is 0 Å². The molecule has 82 valence electrons. The molecule has 6 heteroatoms. The molecule has 0 aromatic carbocycles. The molecule has 1 aromatic rings. The zero-order valence-corrected chi connectivity index (χ0v) is 8.01. The molecular formula is C9H11F2N3O. The molecule has 0 spiro atoms. The minimum absolute atomic E-state index is 0.0492. The Labute approximate surface area is 85.5 Å². The highest BCUT2D eigenvalue weighted by molar-refractivity contribution is 5.78. The lowest BCUT2D eigenvalue weighted by Gasteiger charge is -2.16. The number of rotatable bonds is 3. The van der Waals surface area contributed by atoms with E-state index in [1.807, 2.05) is 0 Å². The van der Waals surface area contributed by atoms with Crippen molar-refractivity contribution < 1.29 is 13.6 Å². The van der Waals surface area contributed by atoms with E-state index in [-0.39, 0.29) is 18.9 Å². The Bertz CT molecular complexity index is 339. The first-order chi connectivity index (χ1) is 7.16. The van der Waals surface area contributed by atoms with Gasteiger partial charge in [-0.05, 0) is 0 Å². The van der Waals surface area contributed by atoms with Gasteiger partial charge in [0.2, 0.25) is 12.3 Å². The van der Waals surface area contributed by atoms with Crippen molar-refractivity contribution in [3.05, 3.63) is 18.7 Å². The van der Waals surface area contributed by atoms with Crippen LogP contribution in [-0.2, 0) is 11.5 Å². The summed E-state index contributed by atoms with van der Waals surface area (Å²) < 4.78 is 26.4. The van der Waals surface area contributed by atoms with Crippen LogP contribution in [0, 0.1) is 5.92 Å². The van der Waals surface area contributed by atoms with Gasteiger partial charge in [-0.15, -0.1) is 0 Å². The van der Waals surface area contributed by atoms with E-state index in [2.05, 4.69) is 4.98 Å². The van der Waals surface area contributed by atoms with Gasteiger partial charge < -0.3 is 9.47 Å². The quantitative estimate of drug-likeness (QED) is 0.753. The van der Waals surface area contributed by atoms with E-state index < -0.39 is 12.3 Å². The Hall–Kier alpha value is -1.46. The van der Waals surface area contributed by atoms with Gasteiger partial charge in [-0.1, -0.05) is 0 Å². The molecule has 0 radical (unpaired) electrons. The van der Waals surface area contributed by atoms with Gasteiger partial charge in [0, 0.05) is 31.3 Å². The van der Waals surface area contributed by atoms with E-state index in [1.165, 1.54) is 4.90 Å². The van der Waals surface area contributed by atoms with E-state index in [1.54, 1.807) is 23.3 Å². The fourth-order valence-corrected chi connectivity index (χ4v) is 1.68. The number of amides is 1. The summed E-state index contributed by atoms with van der Waals surface area (Å²) in [5.41, 5.74) is 0. The average Bonchev–Trinajstić information content (AvgIpc) is 2.77. The number of carbonyl (C=O) groups excluding carboxylic acids is 1. The van der Waals surface area contributed by atoms with Gasteiger partial charge >= 0.3 is 0 Å². The van der Waals surface area contributed by atoms with Crippen LogP contribution in [0.25, 0.3) is 0 Å². The molecule has 1 saturated heterocycles. The van der Waals surface area contributed by atoms with Gasteiger partial charge in [0.15, 0.2) is 0 Å². The maximum atomic E-state index is 12.4. The second kappa shape index (κ2) is 3.96. The molecule has 1 fully saturated rings. The van der Waals surface area contributed by atoms with Crippen LogP contribution < -0.4 is 0 Å². The minimum Gasteiger partial charge on any atom is -0.324 e. The minimum atomic E-state index is -2.42. The van der Waals surface area contributed by atoms with Crippen molar-refractivity contribution in [2.45, 2.75) is 19.5 Å². The van der Waals surface area contributed by atoms with Crippen LogP contribution >= 0.6 is 0 Å². The van der Waals surface area contributed by atoms with Gasteiger partial charge in [-0.2, -0.15) is 0 Å². The van der Waals surface area contributed by atoms with Gasteiger partial charge in [0.1, 0.15) is 0 Å². The fraction of sp³-hybridized carbons (Fsp3) is 0.556.